The number of rotatable bonds is 2. The molecule has 0 aliphatic heterocycles. The van der Waals surface area contributed by atoms with Crippen molar-refractivity contribution in [2.75, 3.05) is 0 Å². The van der Waals surface area contributed by atoms with Crippen LogP contribution in [-0.2, 0) is 0 Å². The number of pyridine rings is 2. The second-order valence-electron chi connectivity index (χ2n) is 5.16. The molecule has 0 fully saturated rings. The second kappa shape index (κ2) is 7.03. The van der Waals surface area contributed by atoms with Gasteiger partial charge in [0.25, 0.3) is 0 Å². The lowest BCUT2D eigenvalue weighted by Crippen LogP contribution is -1.94. The summed E-state index contributed by atoms with van der Waals surface area (Å²) in [5.74, 6) is 0.455. The number of nitrogens with zero attached hydrogens (tertiary/aromatic N) is 2. The van der Waals surface area contributed by atoms with Crippen molar-refractivity contribution >= 4 is 10.9 Å². The molecule has 0 aliphatic carbocycles. The smallest absolute Gasteiger partial charge is 0.137 e. The Balaban J connectivity index is 0.000000847. The van der Waals surface area contributed by atoms with Crippen molar-refractivity contribution in [1.82, 2.24) is 9.97 Å². The van der Waals surface area contributed by atoms with Crippen LogP contribution in [0.4, 0.5) is 0 Å². The Hall–Kier alpha value is -2.42. The molecule has 0 unspecified atom stereocenters. The van der Waals surface area contributed by atoms with Gasteiger partial charge in [0.2, 0.25) is 0 Å². The Bertz CT molecular complexity index is 761. The molecule has 22 heavy (non-hydrogen) atoms. The maximum Gasteiger partial charge on any atom is 0.137 e. The molecule has 0 aliphatic rings. The normalized spacial score (nSPS) is 10.4. The van der Waals surface area contributed by atoms with Crippen molar-refractivity contribution in [1.29, 1.82) is 0 Å². The SMILES string of the molecule is CC.CC(C)c1ncc(-c2cccc3ncccc23)cc1O. The lowest BCUT2D eigenvalue weighted by atomic mass is 10.0. The van der Waals surface area contributed by atoms with Crippen LogP contribution in [0.2, 0.25) is 0 Å². The minimum atomic E-state index is 0.207. The van der Waals surface area contributed by atoms with E-state index in [4.69, 9.17) is 0 Å². The van der Waals surface area contributed by atoms with Crippen LogP contribution in [0.25, 0.3) is 22.0 Å². The third-order valence-electron chi connectivity index (χ3n) is 3.40. The highest BCUT2D eigenvalue weighted by Crippen LogP contribution is 2.32. The summed E-state index contributed by atoms with van der Waals surface area (Å²) in [5, 5.41) is 11.2. The summed E-state index contributed by atoms with van der Waals surface area (Å²) in [6.45, 7) is 8.03. The number of aromatic hydroxyl groups is 1. The minimum Gasteiger partial charge on any atom is -0.506 e. The van der Waals surface area contributed by atoms with Gasteiger partial charge in [-0.15, -0.1) is 0 Å². The molecule has 114 valence electrons. The van der Waals surface area contributed by atoms with Crippen LogP contribution in [0.15, 0.2) is 48.8 Å². The van der Waals surface area contributed by atoms with Gasteiger partial charge in [-0.25, -0.2) is 0 Å². The fourth-order valence-electron chi connectivity index (χ4n) is 2.41. The Morgan fingerprint density at radius 2 is 1.77 bits per heavy atom. The number of hydrogen-bond donors (Lipinski definition) is 1. The van der Waals surface area contributed by atoms with E-state index in [0.29, 0.717) is 0 Å². The van der Waals surface area contributed by atoms with Gasteiger partial charge in [0.1, 0.15) is 5.75 Å². The van der Waals surface area contributed by atoms with Crippen LogP contribution in [0.5, 0.6) is 5.75 Å². The predicted molar refractivity (Wildman–Crippen MR) is 92.1 cm³/mol. The van der Waals surface area contributed by atoms with Gasteiger partial charge in [0.15, 0.2) is 0 Å². The van der Waals surface area contributed by atoms with Crippen LogP contribution >= 0.6 is 0 Å². The van der Waals surface area contributed by atoms with E-state index in [1.165, 1.54) is 0 Å². The third-order valence-corrected chi connectivity index (χ3v) is 3.40. The highest BCUT2D eigenvalue weighted by atomic mass is 16.3. The summed E-state index contributed by atoms with van der Waals surface area (Å²) in [5.41, 5.74) is 3.61. The van der Waals surface area contributed by atoms with Crippen molar-refractivity contribution in [3.8, 4) is 16.9 Å². The van der Waals surface area contributed by atoms with Gasteiger partial charge in [0.05, 0.1) is 11.2 Å². The van der Waals surface area contributed by atoms with Crippen LogP contribution in [0, 0.1) is 0 Å². The minimum absolute atomic E-state index is 0.207. The predicted octanol–water partition coefficient (Wildman–Crippen LogP) is 5.15. The lowest BCUT2D eigenvalue weighted by molar-refractivity contribution is 0.460. The second-order valence-corrected chi connectivity index (χ2v) is 5.16. The van der Waals surface area contributed by atoms with Gasteiger partial charge in [-0.2, -0.15) is 0 Å². The molecule has 3 heteroatoms. The van der Waals surface area contributed by atoms with Crippen molar-refractivity contribution in [2.24, 2.45) is 0 Å². The fourth-order valence-corrected chi connectivity index (χ4v) is 2.41. The molecular weight excluding hydrogens is 272 g/mol. The van der Waals surface area contributed by atoms with Crippen LogP contribution < -0.4 is 0 Å². The van der Waals surface area contributed by atoms with E-state index in [2.05, 4.69) is 9.97 Å². The Kier molecular flexibility index (Phi) is 5.10. The first-order valence-electron chi connectivity index (χ1n) is 7.70. The van der Waals surface area contributed by atoms with Crippen LogP contribution in [0.1, 0.15) is 39.3 Å². The third kappa shape index (κ3) is 3.08. The van der Waals surface area contributed by atoms with Gasteiger partial charge in [0, 0.05) is 23.3 Å². The molecule has 3 rings (SSSR count). The van der Waals surface area contributed by atoms with E-state index in [1.807, 2.05) is 64.2 Å². The van der Waals surface area contributed by atoms with Crippen LogP contribution in [0.3, 0.4) is 0 Å². The quantitative estimate of drug-likeness (QED) is 0.710. The van der Waals surface area contributed by atoms with E-state index in [0.717, 1.165) is 27.7 Å². The molecule has 0 radical (unpaired) electrons. The summed E-state index contributed by atoms with van der Waals surface area (Å²) in [4.78, 5) is 8.74. The van der Waals surface area contributed by atoms with Crippen molar-refractivity contribution in [3.63, 3.8) is 0 Å². The first-order chi connectivity index (χ1) is 10.7. The zero-order chi connectivity index (χ0) is 16.1. The Morgan fingerprint density at radius 1 is 1.00 bits per heavy atom. The Labute approximate surface area is 131 Å². The molecule has 1 N–H and O–H groups in total. The highest BCUT2D eigenvalue weighted by Gasteiger charge is 2.11. The maximum absolute atomic E-state index is 10.1. The molecule has 0 saturated carbocycles. The first-order valence-corrected chi connectivity index (χ1v) is 7.70. The fraction of sp³-hybridized carbons (Fsp3) is 0.263. The van der Waals surface area contributed by atoms with Crippen molar-refractivity contribution < 1.29 is 5.11 Å². The molecule has 0 bridgehead atoms. The van der Waals surface area contributed by atoms with Crippen molar-refractivity contribution in [3.05, 3.63) is 54.5 Å². The van der Waals surface area contributed by atoms with Gasteiger partial charge < -0.3 is 5.11 Å². The van der Waals surface area contributed by atoms with E-state index in [1.54, 1.807) is 12.3 Å². The number of benzene rings is 1. The molecule has 2 heterocycles. The van der Waals surface area contributed by atoms with Gasteiger partial charge >= 0.3 is 0 Å². The summed E-state index contributed by atoms with van der Waals surface area (Å²) < 4.78 is 0. The van der Waals surface area contributed by atoms with Gasteiger partial charge in [-0.05, 0) is 29.7 Å². The molecule has 3 aromatic rings. The molecule has 0 amide bonds. The van der Waals surface area contributed by atoms with Gasteiger partial charge in [-0.1, -0.05) is 45.9 Å². The van der Waals surface area contributed by atoms with E-state index in [-0.39, 0.29) is 11.7 Å². The number of aromatic nitrogens is 2. The standard InChI is InChI=1S/C17H16N2O.C2H6/c1-11(2)17-16(20)9-12(10-19-17)13-5-3-7-15-14(13)6-4-8-18-15;1-2/h3-11,20H,1-2H3;1-2H3. The number of fused-ring (bicyclic) bond motifs is 1. The molecule has 2 aromatic heterocycles. The van der Waals surface area contributed by atoms with Gasteiger partial charge in [-0.3, -0.25) is 9.97 Å². The molecule has 0 saturated heterocycles. The highest BCUT2D eigenvalue weighted by molar-refractivity contribution is 5.94. The van der Waals surface area contributed by atoms with Crippen molar-refractivity contribution in [2.45, 2.75) is 33.6 Å². The summed E-state index contributed by atoms with van der Waals surface area (Å²) >= 11 is 0. The summed E-state index contributed by atoms with van der Waals surface area (Å²) in [6, 6.07) is 11.7. The lowest BCUT2D eigenvalue weighted by Gasteiger charge is -2.10. The zero-order valence-corrected chi connectivity index (χ0v) is 13.5. The Morgan fingerprint density at radius 3 is 2.45 bits per heavy atom. The zero-order valence-electron chi connectivity index (χ0n) is 13.5. The maximum atomic E-state index is 10.1. The number of hydrogen-bond acceptors (Lipinski definition) is 3. The summed E-state index contributed by atoms with van der Waals surface area (Å²) in [6.07, 6.45) is 3.60. The van der Waals surface area contributed by atoms with E-state index in [9.17, 15) is 5.11 Å². The first kappa shape index (κ1) is 16.0. The van der Waals surface area contributed by atoms with Crippen LogP contribution in [-0.4, -0.2) is 15.1 Å². The molecular formula is C19H22N2O. The molecule has 0 spiro atoms. The average Bonchev–Trinajstić information content (AvgIpc) is 2.55. The average molecular weight is 294 g/mol. The van der Waals surface area contributed by atoms with E-state index >= 15 is 0 Å². The summed E-state index contributed by atoms with van der Waals surface area (Å²) in [7, 11) is 0. The molecule has 1 aromatic carbocycles. The largest absolute Gasteiger partial charge is 0.506 e. The molecule has 3 nitrogen and oxygen atoms in total. The molecule has 0 atom stereocenters. The topological polar surface area (TPSA) is 46.0 Å². The van der Waals surface area contributed by atoms with E-state index < -0.39 is 0 Å². The monoisotopic (exact) mass is 294 g/mol.